The van der Waals surface area contributed by atoms with Crippen LogP contribution in [0.1, 0.15) is 45.2 Å². The summed E-state index contributed by atoms with van der Waals surface area (Å²) in [6, 6.07) is 4.15. The molecule has 21 heavy (non-hydrogen) atoms. The van der Waals surface area contributed by atoms with Crippen LogP contribution in [-0.4, -0.2) is 17.9 Å². The molecule has 1 aromatic rings. The van der Waals surface area contributed by atoms with Crippen LogP contribution in [0.25, 0.3) is 5.57 Å². The number of nitrogens with zero attached hydrogens (tertiary/aromatic N) is 1. The van der Waals surface area contributed by atoms with Gasteiger partial charge >= 0.3 is 0 Å². The van der Waals surface area contributed by atoms with E-state index in [9.17, 15) is 0 Å². The number of anilines is 1. The smallest absolute Gasteiger partial charge is 0.143 e. The summed E-state index contributed by atoms with van der Waals surface area (Å²) in [5.74, 6) is 0.728. The highest BCUT2D eigenvalue weighted by molar-refractivity contribution is 5.95. The lowest BCUT2D eigenvalue weighted by Gasteiger charge is -2.21. The zero-order chi connectivity index (χ0) is 15.6. The van der Waals surface area contributed by atoms with E-state index in [4.69, 9.17) is 16.2 Å². The number of ether oxygens (including phenoxy) is 1. The van der Waals surface area contributed by atoms with Gasteiger partial charge in [-0.3, -0.25) is 4.99 Å². The third kappa shape index (κ3) is 3.64. The highest BCUT2D eigenvalue weighted by Gasteiger charge is 2.17. The van der Waals surface area contributed by atoms with E-state index in [2.05, 4.69) is 24.9 Å². The van der Waals surface area contributed by atoms with Gasteiger partial charge in [-0.2, -0.15) is 0 Å². The number of rotatable bonds is 4. The third-order valence-corrected chi connectivity index (χ3v) is 3.48. The molecule has 1 aromatic carbocycles. The van der Waals surface area contributed by atoms with Gasteiger partial charge in [0.25, 0.3) is 0 Å². The Labute approximate surface area is 126 Å². The summed E-state index contributed by atoms with van der Waals surface area (Å²) >= 11 is 0. The molecule has 2 rings (SSSR count). The molecule has 4 nitrogen and oxygen atoms in total. The number of benzene rings is 1. The monoisotopic (exact) mass is 287 g/mol. The van der Waals surface area contributed by atoms with Crippen molar-refractivity contribution in [1.29, 1.82) is 0 Å². The highest BCUT2D eigenvalue weighted by Crippen LogP contribution is 2.34. The van der Waals surface area contributed by atoms with Crippen LogP contribution in [0.2, 0.25) is 0 Å². The number of dihydropyridines is 1. The van der Waals surface area contributed by atoms with E-state index in [1.54, 1.807) is 0 Å². The summed E-state index contributed by atoms with van der Waals surface area (Å²) in [6.45, 7) is 8.61. The average molecular weight is 287 g/mol. The summed E-state index contributed by atoms with van der Waals surface area (Å²) in [5, 5.41) is 0. The minimum atomic E-state index is 0.0893. The van der Waals surface area contributed by atoms with Gasteiger partial charge in [-0.05, 0) is 56.5 Å². The zero-order valence-corrected chi connectivity index (χ0v) is 13.3. The van der Waals surface area contributed by atoms with Gasteiger partial charge < -0.3 is 16.2 Å². The molecule has 0 aliphatic carbocycles. The Morgan fingerprint density at radius 2 is 2.10 bits per heavy atom. The molecule has 0 bridgehead atoms. The fraction of sp³-hybridized carbons (Fsp3) is 0.471. The van der Waals surface area contributed by atoms with Crippen LogP contribution in [0.4, 0.5) is 5.69 Å². The maximum atomic E-state index is 6.07. The van der Waals surface area contributed by atoms with Crippen molar-refractivity contribution in [3.8, 4) is 5.75 Å². The summed E-state index contributed by atoms with van der Waals surface area (Å²) in [7, 11) is 0. The molecule has 1 aliphatic heterocycles. The number of aliphatic imine (C=N–C) groups is 1. The minimum Gasteiger partial charge on any atom is -0.489 e. The maximum absolute atomic E-state index is 6.07. The van der Waals surface area contributed by atoms with Crippen molar-refractivity contribution in [3.63, 3.8) is 0 Å². The topological polar surface area (TPSA) is 73.6 Å². The van der Waals surface area contributed by atoms with Crippen molar-refractivity contribution in [2.24, 2.45) is 10.7 Å². The molecule has 0 saturated carbocycles. The van der Waals surface area contributed by atoms with E-state index in [-0.39, 0.29) is 12.1 Å². The number of hydrogen-bond acceptors (Lipinski definition) is 4. The first kappa shape index (κ1) is 15.6. The molecular formula is C17H25N3O. The molecule has 0 fully saturated rings. The molecular weight excluding hydrogens is 262 g/mol. The molecule has 1 aliphatic rings. The fourth-order valence-electron chi connectivity index (χ4n) is 2.71. The molecule has 4 heteroatoms. The Morgan fingerprint density at radius 1 is 1.38 bits per heavy atom. The Kier molecular flexibility index (Phi) is 4.68. The summed E-state index contributed by atoms with van der Waals surface area (Å²) in [5.41, 5.74) is 17.2. The lowest BCUT2D eigenvalue weighted by molar-refractivity contribution is 0.243. The van der Waals surface area contributed by atoms with Crippen molar-refractivity contribution in [1.82, 2.24) is 0 Å². The Balaban J connectivity index is 2.46. The van der Waals surface area contributed by atoms with Crippen LogP contribution in [0, 0.1) is 0 Å². The molecule has 0 spiro atoms. The lowest BCUT2D eigenvalue weighted by atomic mass is 9.92. The van der Waals surface area contributed by atoms with Crippen molar-refractivity contribution < 1.29 is 4.74 Å². The predicted octanol–water partition coefficient (Wildman–Crippen LogP) is 3.15. The zero-order valence-electron chi connectivity index (χ0n) is 13.3. The van der Waals surface area contributed by atoms with Gasteiger partial charge in [0.2, 0.25) is 0 Å². The molecule has 1 heterocycles. The largest absolute Gasteiger partial charge is 0.489 e. The van der Waals surface area contributed by atoms with E-state index in [0.717, 1.165) is 29.0 Å². The summed E-state index contributed by atoms with van der Waals surface area (Å²) in [4.78, 5) is 4.56. The van der Waals surface area contributed by atoms with Crippen molar-refractivity contribution in [2.75, 3.05) is 5.73 Å². The normalized spacial score (nSPS) is 18.5. The maximum Gasteiger partial charge on any atom is 0.143 e. The van der Waals surface area contributed by atoms with E-state index in [1.165, 1.54) is 5.57 Å². The Bertz CT molecular complexity index is 588. The number of nitrogens with two attached hydrogens (primary N) is 2. The van der Waals surface area contributed by atoms with E-state index in [1.807, 2.05) is 26.0 Å². The first-order valence-electron chi connectivity index (χ1n) is 7.44. The Hall–Kier alpha value is -1.81. The van der Waals surface area contributed by atoms with Gasteiger partial charge in [-0.1, -0.05) is 6.08 Å². The van der Waals surface area contributed by atoms with Crippen LogP contribution in [0.5, 0.6) is 5.75 Å². The first-order valence-corrected chi connectivity index (χ1v) is 7.44. The van der Waals surface area contributed by atoms with Crippen molar-refractivity contribution in [2.45, 2.75) is 52.8 Å². The molecule has 0 radical (unpaired) electrons. The van der Waals surface area contributed by atoms with Crippen LogP contribution in [-0.2, 0) is 6.54 Å². The van der Waals surface area contributed by atoms with Crippen molar-refractivity contribution >= 4 is 17.0 Å². The predicted molar refractivity (Wildman–Crippen MR) is 89.7 cm³/mol. The van der Waals surface area contributed by atoms with E-state index >= 15 is 0 Å². The summed E-state index contributed by atoms with van der Waals surface area (Å²) < 4.78 is 5.81. The molecule has 0 aromatic heterocycles. The molecule has 0 amide bonds. The number of nitrogen functional groups attached to an aromatic ring is 1. The third-order valence-electron chi connectivity index (χ3n) is 3.48. The minimum absolute atomic E-state index is 0.0893. The second-order valence-electron chi connectivity index (χ2n) is 5.89. The average Bonchev–Trinajstić information content (AvgIpc) is 2.39. The number of allylic oxidation sites excluding steroid dienone is 1. The second kappa shape index (κ2) is 6.31. The molecule has 114 valence electrons. The standard InChI is InChI=1S/C17H25N3O/c1-10(2)21-17-8-15(14(9-18)7-16(17)19)13-5-11(3)20-12(4)6-13/h5,7-8,10-11H,6,9,18-19H2,1-4H3. The Morgan fingerprint density at radius 3 is 2.67 bits per heavy atom. The first-order chi connectivity index (χ1) is 9.90. The van der Waals surface area contributed by atoms with Crippen LogP contribution in [0.15, 0.2) is 23.2 Å². The van der Waals surface area contributed by atoms with Gasteiger partial charge in [0.05, 0.1) is 17.8 Å². The molecule has 4 N–H and O–H groups in total. The fourth-order valence-corrected chi connectivity index (χ4v) is 2.71. The van der Waals surface area contributed by atoms with Crippen molar-refractivity contribution in [3.05, 3.63) is 29.3 Å². The lowest BCUT2D eigenvalue weighted by Crippen LogP contribution is -2.13. The highest BCUT2D eigenvalue weighted by atomic mass is 16.5. The van der Waals surface area contributed by atoms with Gasteiger partial charge in [0, 0.05) is 18.7 Å². The molecule has 0 saturated heterocycles. The van der Waals surface area contributed by atoms with E-state index < -0.39 is 0 Å². The van der Waals surface area contributed by atoms with E-state index in [0.29, 0.717) is 12.2 Å². The van der Waals surface area contributed by atoms with Crippen LogP contribution in [0.3, 0.4) is 0 Å². The van der Waals surface area contributed by atoms with Gasteiger partial charge in [-0.15, -0.1) is 0 Å². The quantitative estimate of drug-likeness (QED) is 0.835. The SMILES string of the molecule is CC1=NC(C)C=C(c2cc(OC(C)C)c(N)cc2CN)C1. The molecule has 1 unspecified atom stereocenters. The van der Waals surface area contributed by atoms with Gasteiger partial charge in [0.15, 0.2) is 0 Å². The molecule has 1 atom stereocenters. The van der Waals surface area contributed by atoms with Gasteiger partial charge in [-0.25, -0.2) is 0 Å². The van der Waals surface area contributed by atoms with Gasteiger partial charge in [0.1, 0.15) is 5.75 Å². The summed E-state index contributed by atoms with van der Waals surface area (Å²) in [6.07, 6.45) is 3.13. The second-order valence-corrected chi connectivity index (χ2v) is 5.89. The number of hydrogen-bond donors (Lipinski definition) is 2. The van der Waals surface area contributed by atoms with Crippen LogP contribution >= 0.6 is 0 Å². The van der Waals surface area contributed by atoms with Crippen LogP contribution < -0.4 is 16.2 Å².